The average Bonchev–Trinajstić information content (AvgIpc) is 2.52. The van der Waals surface area contributed by atoms with Crippen LogP contribution in [0.5, 0.6) is 0 Å². The summed E-state index contributed by atoms with van der Waals surface area (Å²) in [5.41, 5.74) is -0.607. The smallest absolute Gasteiger partial charge is 0.411 e. The summed E-state index contributed by atoms with van der Waals surface area (Å²) < 4.78 is 5.29. The summed E-state index contributed by atoms with van der Waals surface area (Å²) in [6.07, 6.45) is 0.936. The fraction of sp³-hybridized carbons (Fsp3) is 0.846. The summed E-state index contributed by atoms with van der Waals surface area (Å²) in [5.74, 6) is -0.943. The molecule has 1 aliphatic rings. The van der Waals surface area contributed by atoms with Gasteiger partial charge in [0.1, 0.15) is 11.6 Å². The molecule has 1 aliphatic heterocycles. The van der Waals surface area contributed by atoms with E-state index in [-0.39, 0.29) is 12.0 Å². The first-order valence-electron chi connectivity index (χ1n) is 6.41. The van der Waals surface area contributed by atoms with Crippen molar-refractivity contribution < 1.29 is 19.4 Å². The summed E-state index contributed by atoms with van der Waals surface area (Å²) in [6, 6.07) is -0.856. The van der Waals surface area contributed by atoms with Crippen molar-refractivity contribution >= 4 is 12.1 Å². The van der Waals surface area contributed by atoms with Crippen molar-refractivity contribution in [2.75, 3.05) is 0 Å². The molecule has 1 amide bonds. The van der Waals surface area contributed by atoms with E-state index in [4.69, 9.17) is 4.74 Å². The second kappa shape index (κ2) is 5.16. The van der Waals surface area contributed by atoms with Crippen LogP contribution in [0.15, 0.2) is 0 Å². The van der Waals surface area contributed by atoms with Crippen LogP contribution < -0.4 is 0 Å². The quantitative estimate of drug-likeness (QED) is 0.825. The number of carbonyl (C=O) groups excluding carboxylic acids is 1. The van der Waals surface area contributed by atoms with Crippen molar-refractivity contribution in [3.8, 4) is 0 Å². The third-order valence-electron chi connectivity index (χ3n) is 3.25. The van der Waals surface area contributed by atoms with E-state index < -0.39 is 23.7 Å². The van der Waals surface area contributed by atoms with Crippen LogP contribution in [-0.2, 0) is 9.53 Å². The monoisotopic (exact) mass is 257 g/mol. The molecular formula is C13H23NO4. The summed E-state index contributed by atoms with van der Waals surface area (Å²) in [5, 5.41) is 9.30. The first kappa shape index (κ1) is 14.8. The van der Waals surface area contributed by atoms with E-state index in [1.165, 1.54) is 4.90 Å². The Balaban J connectivity index is 2.90. The molecule has 0 aromatic heterocycles. The highest BCUT2D eigenvalue weighted by atomic mass is 16.6. The van der Waals surface area contributed by atoms with Gasteiger partial charge in [0.2, 0.25) is 0 Å². The minimum Gasteiger partial charge on any atom is -0.480 e. The fourth-order valence-electron chi connectivity index (χ4n) is 2.50. The highest BCUT2D eigenvalue weighted by molar-refractivity contribution is 5.81. The van der Waals surface area contributed by atoms with Crippen LogP contribution >= 0.6 is 0 Å². The Labute approximate surface area is 108 Å². The van der Waals surface area contributed by atoms with E-state index >= 15 is 0 Å². The van der Waals surface area contributed by atoms with Gasteiger partial charge in [-0.3, -0.25) is 4.90 Å². The predicted molar refractivity (Wildman–Crippen MR) is 67.4 cm³/mol. The number of ether oxygens (including phenoxy) is 1. The molecule has 3 atom stereocenters. The van der Waals surface area contributed by atoms with Crippen LogP contribution in [0.3, 0.4) is 0 Å². The van der Waals surface area contributed by atoms with Crippen molar-refractivity contribution in [1.29, 1.82) is 0 Å². The van der Waals surface area contributed by atoms with Crippen molar-refractivity contribution in [2.45, 2.75) is 65.1 Å². The largest absolute Gasteiger partial charge is 0.480 e. The number of carboxylic acids is 1. The van der Waals surface area contributed by atoms with Gasteiger partial charge in [-0.25, -0.2) is 9.59 Å². The number of aliphatic carboxylic acids is 1. The number of rotatable bonds is 2. The Morgan fingerprint density at radius 1 is 1.39 bits per heavy atom. The number of amides is 1. The molecule has 1 rings (SSSR count). The lowest BCUT2D eigenvalue weighted by atomic mass is 9.96. The first-order chi connectivity index (χ1) is 8.17. The van der Waals surface area contributed by atoms with Gasteiger partial charge in [-0.05, 0) is 40.0 Å². The van der Waals surface area contributed by atoms with Gasteiger partial charge in [-0.2, -0.15) is 0 Å². The molecule has 0 radical (unpaired) electrons. The van der Waals surface area contributed by atoms with Gasteiger partial charge in [-0.15, -0.1) is 0 Å². The lowest BCUT2D eigenvalue weighted by Crippen LogP contribution is -2.47. The van der Waals surface area contributed by atoms with E-state index in [1.54, 1.807) is 20.8 Å². The van der Waals surface area contributed by atoms with Crippen LogP contribution in [0, 0.1) is 5.92 Å². The molecule has 104 valence electrons. The van der Waals surface area contributed by atoms with Crippen molar-refractivity contribution in [2.24, 2.45) is 5.92 Å². The average molecular weight is 257 g/mol. The van der Waals surface area contributed by atoms with E-state index in [0.29, 0.717) is 6.42 Å². The molecule has 0 aromatic rings. The first-order valence-corrected chi connectivity index (χ1v) is 6.41. The molecular weight excluding hydrogens is 234 g/mol. The molecule has 0 aliphatic carbocycles. The Morgan fingerprint density at radius 3 is 2.33 bits per heavy atom. The van der Waals surface area contributed by atoms with E-state index in [9.17, 15) is 14.7 Å². The number of likely N-dealkylation sites (tertiary alicyclic amines) is 1. The topological polar surface area (TPSA) is 66.8 Å². The van der Waals surface area contributed by atoms with Crippen LogP contribution in [0.1, 0.15) is 47.5 Å². The molecule has 0 saturated carbocycles. The van der Waals surface area contributed by atoms with Gasteiger partial charge in [-0.1, -0.05) is 13.3 Å². The maximum absolute atomic E-state index is 12.1. The SMILES string of the molecule is CCC1CC(C)N(C(=O)OC(C)(C)C)C1C(=O)O. The summed E-state index contributed by atoms with van der Waals surface area (Å²) >= 11 is 0. The van der Waals surface area contributed by atoms with Crippen molar-refractivity contribution in [1.82, 2.24) is 4.90 Å². The molecule has 0 spiro atoms. The Kier molecular flexibility index (Phi) is 4.24. The molecule has 5 nitrogen and oxygen atoms in total. The number of hydrogen-bond donors (Lipinski definition) is 1. The van der Waals surface area contributed by atoms with Crippen LogP contribution in [-0.4, -0.2) is 39.8 Å². The number of nitrogens with zero attached hydrogens (tertiary/aromatic N) is 1. The highest BCUT2D eigenvalue weighted by Gasteiger charge is 2.46. The second-order valence-electron chi connectivity index (χ2n) is 5.92. The highest BCUT2D eigenvalue weighted by Crippen LogP contribution is 2.33. The van der Waals surface area contributed by atoms with Gasteiger partial charge in [0.05, 0.1) is 0 Å². The molecule has 1 fully saturated rings. The maximum Gasteiger partial charge on any atom is 0.411 e. The normalized spacial score (nSPS) is 28.3. The van der Waals surface area contributed by atoms with E-state index in [1.807, 2.05) is 13.8 Å². The molecule has 1 saturated heterocycles. The third-order valence-corrected chi connectivity index (χ3v) is 3.25. The minimum absolute atomic E-state index is 0.00465. The third kappa shape index (κ3) is 3.15. The number of carbonyl (C=O) groups is 2. The summed E-state index contributed by atoms with van der Waals surface area (Å²) in [4.78, 5) is 24.8. The predicted octanol–water partition coefficient (Wildman–Crippen LogP) is 2.50. The molecule has 0 bridgehead atoms. The maximum atomic E-state index is 12.1. The molecule has 1 heterocycles. The standard InChI is InChI=1S/C13H23NO4/c1-6-9-7-8(2)14(10(9)11(15)16)12(17)18-13(3,4)5/h8-10H,6-7H2,1-5H3,(H,15,16). The van der Waals surface area contributed by atoms with Gasteiger partial charge in [0.25, 0.3) is 0 Å². The lowest BCUT2D eigenvalue weighted by molar-refractivity contribution is -0.143. The number of carboxylic acid groups (broad SMARTS) is 1. The van der Waals surface area contributed by atoms with Crippen molar-refractivity contribution in [3.63, 3.8) is 0 Å². The molecule has 18 heavy (non-hydrogen) atoms. The molecule has 5 heteroatoms. The molecule has 3 unspecified atom stereocenters. The Bertz CT molecular complexity index is 334. The second-order valence-corrected chi connectivity index (χ2v) is 5.92. The van der Waals surface area contributed by atoms with Gasteiger partial charge >= 0.3 is 12.1 Å². The fourth-order valence-corrected chi connectivity index (χ4v) is 2.50. The van der Waals surface area contributed by atoms with Gasteiger partial charge in [0.15, 0.2) is 0 Å². The number of hydrogen-bond acceptors (Lipinski definition) is 3. The zero-order valence-corrected chi connectivity index (χ0v) is 11.8. The lowest BCUT2D eigenvalue weighted by Gasteiger charge is -2.30. The minimum atomic E-state index is -0.947. The summed E-state index contributed by atoms with van der Waals surface area (Å²) in [7, 11) is 0. The Hall–Kier alpha value is -1.26. The van der Waals surface area contributed by atoms with Gasteiger partial charge in [0, 0.05) is 6.04 Å². The zero-order chi connectivity index (χ0) is 14.1. The van der Waals surface area contributed by atoms with Crippen LogP contribution in [0.2, 0.25) is 0 Å². The van der Waals surface area contributed by atoms with Crippen LogP contribution in [0.4, 0.5) is 4.79 Å². The van der Waals surface area contributed by atoms with Crippen LogP contribution in [0.25, 0.3) is 0 Å². The van der Waals surface area contributed by atoms with E-state index in [0.717, 1.165) is 6.42 Å². The van der Waals surface area contributed by atoms with Gasteiger partial charge < -0.3 is 9.84 Å². The zero-order valence-electron chi connectivity index (χ0n) is 11.8. The van der Waals surface area contributed by atoms with Crippen molar-refractivity contribution in [3.05, 3.63) is 0 Å². The molecule has 1 N–H and O–H groups in total. The molecule has 0 aromatic carbocycles. The summed E-state index contributed by atoms with van der Waals surface area (Å²) in [6.45, 7) is 9.15. The Morgan fingerprint density at radius 2 is 1.94 bits per heavy atom. The van der Waals surface area contributed by atoms with E-state index in [2.05, 4.69) is 0 Å².